The zero-order valence-electron chi connectivity index (χ0n) is 19.7. The minimum Gasteiger partial charge on any atom is -0.497 e. The predicted octanol–water partition coefficient (Wildman–Crippen LogP) is 5.08. The van der Waals surface area contributed by atoms with Gasteiger partial charge < -0.3 is 19.9 Å². The lowest BCUT2D eigenvalue weighted by Crippen LogP contribution is -2.38. The summed E-state index contributed by atoms with van der Waals surface area (Å²) in [6, 6.07) is 0. The van der Waals surface area contributed by atoms with Crippen LogP contribution in [0.25, 0.3) is 0 Å². The third-order valence-electron chi connectivity index (χ3n) is 5.96. The van der Waals surface area contributed by atoms with Crippen LogP contribution in [0.2, 0.25) is 0 Å². The molecule has 0 aromatic carbocycles. The summed E-state index contributed by atoms with van der Waals surface area (Å²) in [6.45, 7) is 14.9. The Morgan fingerprint density at radius 3 is 2.55 bits per heavy atom. The van der Waals surface area contributed by atoms with Gasteiger partial charge in [-0.15, -0.1) is 0 Å². The number of allylic oxidation sites excluding steroid dienone is 4. The van der Waals surface area contributed by atoms with Gasteiger partial charge in [0.2, 0.25) is 0 Å². The van der Waals surface area contributed by atoms with E-state index in [-0.39, 0.29) is 0 Å². The summed E-state index contributed by atoms with van der Waals surface area (Å²) in [6.07, 6.45) is 14.2. The van der Waals surface area contributed by atoms with Crippen molar-refractivity contribution in [3.63, 3.8) is 0 Å². The number of nitrogens with zero attached hydrogens (tertiary/aromatic N) is 1. The molecule has 174 valence electrons. The third-order valence-corrected chi connectivity index (χ3v) is 5.96. The van der Waals surface area contributed by atoms with Crippen LogP contribution in [0.3, 0.4) is 0 Å². The maximum absolute atomic E-state index is 6.37. The van der Waals surface area contributed by atoms with Crippen molar-refractivity contribution in [1.82, 2.24) is 4.90 Å². The molecule has 0 bridgehead atoms. The van der Waals surface area contributed by atoms with Crippen LogP contribution in [0, 0.1) is 5.92 Å². The molecule has 0 amide bonds. The van der Waals surface area contributed by atoms with Crippen LogP contribution < -0.4 is 5.73 Å². The van der Waals surface area contributed by atoms with E-state index in [1.165, 1.54) is 32.1 Å². The highest BCUT2D eigenvalue weighted by atomic mass is 16.5. The Labute approximate surface area is 189 Å². The number of methoxy groups -OCH3 is 1. The standard InChI is InChI=1S/C26H42N2O3/c1-5-10-25(27)23(6-2)26(31-20-17-28-15-18-30-19-16-28)24(21(3)29-4)12-9-7-8-11-22-13-14-22/h5-6,10,22H,2-3,7-9,11-20,27H2,1,4H3/b10-5-,25-23-,26-24+. The molecule has 2 fully saturated rings. The van der Waals surface area contributed by atoms with Crippen LogP contribution >= 0.6 is 0 Å². The van der Waals surface area contributed by atoms with Crippen molar-refractivity contribution in [2.24, 2.45) is 11.7 Å². The molecule has 5 nitrogen and oxygen atoms in total. The molecule has 5 heteroatoms. The Balaban J connectivity index is 2.16. The maximum atomic E-state index is 6.37. The monoisotopic (exact) mass is 430 g/mol. The summed E-state index contributed by atoms with van der Waals surface area (Å²) in [5, 5.41) is 0. The average molecular weight is 431 g/mol. The molecule has 0 aromatic heterocycles. The zero-order valence-corrected chi connectivity index (χ0v) is 19.7. The van der Waals surface area contributed by atoms with Gasteiger partial charge in [0.25, 0.3) is 0 Å². The maximum Gasteiger partial charge on any atom is 0.135 e. The number of nitrogens with two attached hydrogens (primary N) is 1. The molecule has 0 unspecified atom stereocenters. The minimum absolute atomic E-state index is 0.567. The molecule has 0 aromatic rings. The summed E-state index contributed by atoms with van der Waals surface area (Å²) in [7, 11) is 1.66. The highest BCUT2D eigenvalue weighted by Gasteiger charge is 2.21. The van der Waals surface area contributed by atoms with Crippen molar-refractivity contribution in [3.8, 4) is 0 Å². The fourth-order valence-electron chi connectivity index (χ4n) is 3.86. The van der Waals surface area contributed by atoms with Crippen LogP contribution in [0.5, 0.6) is 0 Å². The number of unbranched alkanes of at least 4 members (excludes halogenated alkanes) is 2. The van der Waals surface area contributed by atoms with Gasteiger partial charge >= 0.3 is 0 Å². The Hall–Kier alpha value is -1.98. The second kappa shape index (κ2) is 14.2. The van der Waals surface area contributed by atoms with Crippen molar-refractivity contribution in [3.05, 3.63) is 59.7 Å². The van der Waals surface area contributed by atoms with Gasteiger partial charge in [0.1, 0.15) is 18.1 Å². The fraction of sp³-hybridized carbons (Fsp3) is 0.615. The first-order chi connectivity index (χ1) is 15.1. The van der Waals surface area contributed by atoms with Crippen LogP contribution in [0.15, 0.2) is 59.7 Å². The second-order valence-electron chi connectivity index (χ2n) is 8.35. The number of morpholine rings is 1. The highest BCUT2D eigenvalue weighted by Crippen LogP contribution is 2.34. The van der Waals surface area contributed by atoms with Gasteiger partial charge in [-0.05, 0) is 31.8 Å². The summed E-state index contributed by atoms with van der Waals surface area (Å²) < 4.78 is 17.4. The van der Waals surface area contributed by atoms with Crippen molar-refractivity contribution in [1.29, 1.82) is 0 Å². The zero-order chi connectivity index (χ0) is 22.5. The molecule has 1 saturated carbocycles. The SMILES string of the molecule is C=CC(=C(N)\C=C/C)/C(OCCN1CCOCC1)=C(/CCCCCC1CC1)C(=C)OC. The Bertz CT molecular complexity index is 668. The molecule has 0 spiro atoms. The van der Waals surface area contributed by atoms with E-state index in [1.54, 1.807) is 13.2 Å². The largest absolute Gasteiger partial charge is 0.497 e. The first kappa shape index (κ1) is 25.3. The average Bonchev–Trinajstić information content (AvgIpc) is 3.61. The molecule has 0 radical (unpaired) electrons. The van der Waals surface area contributed by atoms with E-state index in [0.717, 1.165) is 68.5 Å². The normalized spacial score (nSPS) is 19.0. The molecule has 2 rings (SSSR count). The lowest BCUT2D eigenvalue weighted by molar-refractivity contribution is 0.0277. The molecular formula is C26H42N2O3. The van der Waals surface area contributed by atoms with Gasteiger partial charge in [0.15, 0.2) is 0 Å². The van der Waals surface area contributed by atoms with E-state index >= 15 is 0 Å². The van der Waals surface area contributed by atoms with Crippen LogP contribution in [-0.4, -0.2) is 51.5 Å². The summed E-state index contributed by atoms with van der Waals surface area (Å²) in [5.41, 5.74) is 8.78. The molecule has 1 saturated heterocycles. The molecule has 0 atom stereocenters. The van der Waals surface area contributed by atoms with Crippen molar-refractivity contribution >= 4 is 0 Å². The van der Waals surface area contributed by atoms with E-state index < -0.39 is 0 Å². The number of hydrogen-bond donors (Lipinski definition) is 1. The third kappa shape index (κ3) is 8.96. The molecule has 2 aliphatic rings. The van der Waals surface area contributed by atoms with E-state index in [0.29, 0.717) is 18.1 Å². The van der Waals surface area contributed by atoms with Gasteiger partial charge in [0, 0.05) is 36.5 Å². The van der Waals surface area contributed by atoms with Gasteiger partial charge in [-0.2, -0.15) is 0 Å². The van der Waals surface area contributed by atoms with E-state index in [2.05, 4.69) is 18.1 Å². The van der Waals surface area contributed by atoms with Crippen LogP contribution in [0.1, 0.15) is 51.9 Å². The summed E-state index contributed by atoms with van der Waals surface area (Å²) >= 11 is 0. The van der Waals surface area contributed by atoms with Crippen molar-refractivity contribution in [2.45, 2.75) is 51.9 Å². The van der Waals surface area contributed by atoms with E-state index in [4.69, 9.17) is 19.9 Å². The van der Waals surface area contributed by atoms with Gasteiger partial charge in [0.05, 0.1) is 20.3 Å². The van der Waals surface area contributed by atoms with Gasteiger partial charge in [-0.1, -0.05) is 57.4 Å². The quantitative estimate of drug-likeness (QED) is 0.223. The Morgan fingerprint density at radius 1 is 1.19 bits per heavy atom. The van der Waals surface area contributed by atoms with Crippen LogP contribution in [-0.2, 0) is 14.2 Å². The van der Waals surface area contributed by atoms with E-state index in [1.807, 2.05) is 19.1 Å². The molecule has 1 aliphatic carbocycles. The Kier molecular flexibility index (Phi) is 11.5. The second-order valence-corrected chi connectivity index (χ2v) is 8.35. The number of hydrogen-bond acceptors (Lipinski definition) is 5. The van der Waals surface area contributed by atoms with Crippen molar-refractivity contribution < 1.29 is 14.2 Å². The van der Waals surface area contributed by atoms with E-state index in [9.17, 15) is 0 Å². The fourth-order valence-corrected chi connectivity index (χ4v) is 3.86. The Morgan fingerprint density at radius 2 is 1.94 bits per heavy atom. The number of rotatable bonds is 15. The molecule has 1 aliphatic heterocycles. The first-order valence-corrected chi connectivity index (χ1v) is 11.7. The van der Waals surface area contributed by atoms with Gasteiger partial charge in [-0.3, -0.25) is 4.90 Å². The molecule has 2 N–H and O–H groups in total. The molecule has 1 heterocycles. The molecular weight excluding hydrogens is 388 g/mol. The topological polar surface area (TPSA) is 57.0 Å². The van der Waals surface area contributed by atoms with Crippen molar-refractivity contribution in [2.75, 3.05) is 46.6 Å². The lowest BCUT2D eigenvalue weighted by atomic mass is 9.99. The summed E-state index contributed by atoms with van der Waals surface area (Å²) in [5.74, 6) is 2.36. The first-order valence-electron chi connectivity index (χ1n) is 11.7. The molecule has 31 heavy (non-hydrogen) atoms. The lowest BCUT2D eigenvalue weighted by Gasteiger charge is -2.27. The minimum atomic E-state index is 0.567. The van der Waals surface area contributed by atoms with Gasteiger partial charge in [-0.25, -0.2) is 0 Å². The van der Waals surface area contributed by atoms with Crippen LogP contribution in [0.4, 0.5) is 0 Å². The summed E-state index contributed by atoms with van der Waals surface area (Å²) in [4.78, 5) is 2.36. The number of ether oxygens (including phenoxy) is 3. The smallest absolute Gasteiger partial charge is 0.135 e. The highest BCUT2D eigenvalue weighted by molar-refractivity contribution is 5.48. The predicted molar refractivity (Wildman–Crippen MR) is 128 cm³/mol.